The van der Waals surface area contributed by atoms with Crippen LogP contribution in [0.3, 0.4) is 0 Å². The van der Waals surface area contributed by atoms with Crippen molar-refractivity contribution in [3.8, 4) is 0 Å². The van der Waals surface area contributed by atoms with Crippen LogP contribution in [-0.4, -0.2) is 17.4 Å². The average molecular weight is 230 g/mol. The first-order valence-corrected chi connectivity index (χ1v) is 6.22. The molecule has 0 saturated carbocycles. The summed E-state index contributed by atoms with van der Waals surface area (Å²) in [5.41, 5.74) is 2.12. The molecule has 3 nitrogen and oxygen atoms in total. The number of hydrogen-bond donors (Lipinski definition) is 1. The highest BCUT2D eigenvalue weighted by molar-refractivity contribution is 5.93. The van der Waals surface area contributed by atoms with E-state index in [4.69, 9.17) is 0 Å². The van der Waals surface area contributed by atoms with Crippen molar-refractivity contribution in [3.05, 3.63) is 41.7 Å². The van der Waals surface area contributed by atoms with Crippen LogP contribution in [-0.2, 0) is 0 Å². The van der Waals surface area contributed by atoms with E-state index in [0.717, 1.165) is 13.0 Å². The Morgan fingerprint density at radius 3 is 3.06 bits per heavy atom. The third kappa shape index (κ3) is 3.70. The smallest absolute Gasteiger partial charge is 0.252 e. The lowest BCUT2D eigenvalue weighted by Crippen LogP contribution is -2.24. The number of pyridine rings is 1. The van der Waals surface area contributed by atoms with E-state index in [9.17, 15) is 4.79 Å². The second-order valence-corrected chi connectivity index (χ2v) is 4.36. The molecule has 1 N–H and O–H groups in total. The van der Waals surface area contributed by atoms with Gasteiger partial charge in [-0.2, -0.15) is 0 Å². The molecule has 0 saturated heterocycles. The summed E-state index contributed by atoms with van der Waals surface area (Å²) in [7, 11) is 0. The third-order valence-corrected chi connectivity index (χ3v) is 3.04. The van der Waals surface area contributed by atoms with Gasteiger partial charge in [0.2, 0.25) is 0 Å². The normalized spacial score (nSPS) is 15.2. The van der Waals surface area contributed by atoms with Crippen LogP contribution < -0.4 is 5.32 Å². The van der Waals surface area contributed by atoms with Gasteiger partial charge in [0.1, 0.15) is 0 Å². The second-order valence-electron chi connectivity index (χ2n) is 4.36. The molecule has 1 aliphatic carbocycles. The van der Waals surface area contributed by atoms with Crippen LogP contribution >= 0.6 is 0 Å². The summed E-state index contributed by atoms with van der Waals surface area (Å²) in [6.07, 6.45) is 11.6. The molecule has 2 rings (SSSR count). The SMILES string of the molecule is O=C(NCCC1=CCCCC1)c1cccnc1. The zero-order valence-corrected chi connectivity index (χ0v) is 9.98. The Labute approximate surface area is 102 Å². The minimum Gasteiger partial charge on any atom is -0.352 e. The standard InChI is InChI=1S/C14H18N2O/c17-14(13-7-4-9-15-11-13)16-10-8-12-5-2-1-3-6-12/h4-5,7,9,11H,1-3,6,8,10H2,(H,16,17). The monoisotopic (exact) mass is 230 g/mol. The highest BCUT2D eigenvalue weighted by Crippen LogP contribution is 2.19. The van der Waals surface area contributed by atoms with Crippen LogP contribution in [0.5, 0.6) is 0 Å². The molecular formula is C14H18N2O. The van der Waals surface area contributed by atoms with Crippen molar-refractivity contribution in [2.75, 3.05) is 6.54 Å². The van der Waals surface area contributed by atoms with Crippen molar-refractivity contribution in [2.45, 2.75) is 32.1 Å². The molecular weight excluding hydrogens is 212 g/mol. The molecule has 0 fully saturated rings. The summed E-state index contributed by atoms with van der Waals surface area (Å²) in [5.74, 6) is -0.0329. The first kappa shape index (κ1) is 11.8. The number of allylic oxidation sites excluding steroid dienone is 1. The van der Waals surface area contributed by atoms with Gasteiger partial charge in [0.25, 0.3) is 5.91 Å². The van der Waals surface area contributed by atoms with E-state index in [1.165, 1.54) is 31.3 Å². The van der Waals surface area contributed by atoms with Crippen LogP contribution in [0.4, 0.5) is 0 Å². The number of carbonyl (C=O) groups is 1. The van der Waals surface area contributed by atoms with E-state index in [1.807, 2.05) is 0 Å². The molecule has 0 spiro atoms. The molecule has 1 heterocycles. The number of nitrogens with one attached hydrogen (secondary N) is 1. The Morgan fingerprint density at radius 1 is 1.41 bits per heavy atom. The van der Waals surface area contributed by atoms with Crippen LogP contribution in [0.1, 0.15) is 42.5 Å². The maximum Gasteiger partial charge on any atom is 0.252 e. The van der Waals surface area contributed by atoms with E-state index in [2.05, 4.69) is 16.4 Å². The molecule has 0 aromatic carbocycles. The number of rotatable bonds is 4. The van der Waals surface area contributed by atoms with E-state index >= 15 is 0 Å². The maximum absolute atomic E-state index is 11.7. The van der Waals surface area contributed by atoms with Crippen molar-refractivity contribution in [3.63, 3.8) is 0 Å². The molecule has 0 radical (unpaired) electrons. The lowest BCUT2D eigenvalue weighted by atomic mass is 9.97. The topological polar surface area (TPSA) is 42.0 Å². The van der Waals surface area contributed by atoms with E-state index in [0.29, 0.717) is 5.56 Å². The fraction of sp³-hybridized carbons (Fsp3) is 0.429. The Balaban J connectivity index is 1.75. The van der Waals surface area contributed by atoms with Gasteiger partial charge in [-0.3, -0.25) is 9.78 Å². The van der Waals surface area contributed by atoms with Gasteiger partial charge >= 0.3 is 0 Å². The largest absolute Gasteiger partial charge is 0.352 e. The Morgan fingerprint density at radius 2 is 2.35 bits per heavy atom. The van der Waals surface area contributed by atoms with Gasteiger partial charge in [-0.05, 0) is 44.2 Å². The summed E-state index contributed by atoms with van der Waals surface area (Å²) >= 11 is 0. The lowest BCUT2D eigenvalue weighted by Gasteiger charge is -2.12. The number of hydrogen-bond acceptors (Lipinski definition) is 2. The summed E-state index contributed by atoms with van der Waals surface area (Å²) in [6, 6.07) is 3.56. The minimum absolute atomic E-state index is 0.0329. The molecule has 17 heavy (non-hydrogen) atoms. The van der Waals surface area contributed by atoms with Gasteiger partial charge in [0, 0.05) is 18.9 Å². The van der Waals surface area contributed by atoms with Crippen LogP contribution in [0, 0.1) is 0 Å². The van der Waals surface area contributed by atoms with Crippen molar-refractivity contribution in [1.29, 1.82) is 0 Å². The van der Waals surface area contributed by atoms with Crippen molar-refractivity contribution in [1.82, 2.24) is 10.3 Å². The highest BCUT2D eigenvalue weighted by atomic mass is 16.1. The predicted octanol–water partition coefficient (Wildman–Crippen LogP) is 2.70. The molecule has 0 bridgehead atoms. The summed E-state index contributed by atoms with van der Waals surface area (Å²) in [5, 5.41) is 2.93. The lowest BCUT2D eigenvalue weighted by molar-refractivity contribution is 0.0953. The second kappa shape index (κ2) is 6.18. The zero-order chi connectivity index (χ0) is 11.9. The van der Waals surface area contributed by atoms with E-state index in [1.54, 1.807) is 24.5 Å². The van der Waals surface area contributed by atoms with Crippen LogP contribution in [0.15, 0.2) is 36.2 Å². The third-order valence-electron chi connectivity index (χ3n) is 3.04. The van der Waals surface area contributed by atoms with Crippen LogP contribution in [0.25, 0.3) is 0 Å². The summed E-state index contributed by atoms with van der Waals surface area (Å²) < 4.78 is 0. The van der Waals surface area contributed by atoms with Crippen molar-refractivity contribution in [2.24, 2.45) is 0 Å². The quantitative estimate of drug-likeness (QED) is 0.808. The molecule has 3 heteroatoms. The van der Waals surface area contributed by atoms with Gasteiger partial charge < -0.3 is 5.32 Å². The molecule has 1 aliphatic rings. The number of amides is 1. The first-order valence-electron chi connectivity index (χ1n) is 6.22. The predicted molar refractivity (Wildman–Crippen MR) is 67.7 cm³/mol. The van der Waals surface area contributed by atoms with Gasteiger partial charge in [-0.25, -0.2) is 0 Å². The fourth-order valence-corrected chi connectivity index (χ4v) is 2.07. The molecule has 0 aliphatic heterocycles. The molecule has 0 atom stereocenters. The van der Waals surface area contributed by atoms with Gasteiger partial charge in [-0.15, -0.1) is 0 Å². The van der Waals surface area contributed by atoms with Gasteiger partial charge in [0.15, 0.2) is 0 Å². The van der Waals surface area contributed by atoms with Crippen molar-refractivity contribution >= 4 is 5.91 Å². The molecule has 1 amide bonds. The van der Waals surface area contributed by atoms with Crippen LogP contribution in [0.2, 0.25) is 0 Å². The van der Waals surface area contributed by atoms with E-state index in [-0.39, 0.29) is 5.91 Å². The fourth-order valence-electron chi connectivity index (χ4n) is 2.07. The first-order chi connectivity index (χ1) is 8.36. The minimum atomic E-state index is -0.0329. The summed E-state index contributed by atoms with van der Waals surface area (Å²) in [6.45, 7) is 0.722. The zero-order valence-electron chi connectivity index (χ0n) is 9.98. The number of nitrogens with zero attached hydrogens (tertiary/aromatic N) is 1. The highest BCUT2D eigenvalue weighted by Gasteiger charge is 2.06. The van der Waals surface area contributed by atoms with Gasteiger partial charge in [-0.1, -0.05) is 11.6 Å². The van der Waals surface area contributed by atoms with Gasteiger partial charge in [0.05, 0.1) is 5.56 Å². The number of aromatic nitrogens is 1. The molecule has 0 unspecified atom stereocenters. The average Bonchev–Trinajstić information content (AvgIpc) is 2.41. The molecule has 1 aromatic heterocycles. The Hall–Kier alpha value is -1.64. The molecule has 1 aromatic rings. The summed E-state index contributed by atoms with van der Waals surface area (Å²) in [4.78, 5) is 15.6. The van der Waals surface area contributed by atoms with E-state index < -0.39 is 0 Å². The Bertz CT molecular complexity index is 398. The Kier molecular flexibility index (Phi) is 4.30. The maximum atomic E-state index is 11.7. The number of carbonyl (C=O) groups excluding carboxylic acids is 1. The van der Waals surface area contributed by atoms with Crippen molar-refractivity contribution < 1.29 is 4.79 Å². The molecule has 90 valence electrons.